The Balaban J connectivity index is 1.92. The first kappa shape index (κ1) is 18.1. The molecule has 3 N–H and O–H groups in total. The highest BCUT2D eigenvalue weighted by molar-refractivity contribution is 7.91. The van der Waals surface area contributed by atoms with Gasteiger partial charge < -0.3 is 14.9 Å². The van der Waals surface area contributed by atoms with E-state index in [1.165, 1.54) is 12.1 Å². The minimum atomic E-state index is -4.06. The van der Waals surface area contributed by atoms with E-state index in [0.717, 1.165) is 41.9 Å². The number of rotatable bonds is 2. The van der Waals surface area contributed by atoms with Crippen molar-refractivity contribution in [2.24, 2.45) is 0 Å². The van der Waals surface area contributed by atoms with Gasteiger partial charge >= 0.3 is 0 Å². The van der Waals surface area contributed by atoms with Crippen molar-refractivity contribution in [1.29, 1.82) is 5.41 Å². The van der Waals surface area contributed by atoms with Gasteiger partial charge in [-0.3, -0.25) is 5.41 Å². The van der Waals surface area contributed by atoms with Crippen LogP contribution >= 0.6 is 11.6 Å². The number of sulfone groups is 1. The van der Waals surface area contributed by atoms with E-state index in [2.05, 4.69) is 5.32 Å². The van der Waals surface area contributed by atoms with Crippen molar-refractivity contribution in [3.8, 4) is 0 Å². The van der Waals surface area contributed by atoms with Crippen molar-refractivity contribution in [3.63, 3.8) is 0 Å². The van der Waals surface area contributed by atoms with Gasteiger partial charge in [-0.2, -0.15) is 4.73 Å². The smallest absolute Gasteiger partial charge is 0.210 e. The fourth-order valence-corrected chi connectivity index (χ4v) is 5.15. The summed E-state index contributed by atoms with van der Waals surface area (Å²) < 4.78 is 32.4. The van der Waals surface area contributed by atoms with Gasteiger partial charge in [-0.1, -0.05) is 11.6 Å². The van der Waals surface area contributed by atoms with Gasteiger partial charge in [0.05, 0.1) is 21.7 Å². The van der Waals surface area contributed by atoms with Crippen LogP contribution in [0.15, 0.2) is 44.7 Å². The lowest BCUT2D eigenvalue weighted by Crippen LogP contribution is -2.41. The third-order valence-electron chi connectivity index (χ3n) is 4.85. The van der Waals surface area contributed by atoms with Gasteiger partial charge in [0.1, 0.15) is 16.2 Å². The molecule has 3 heterocycles. The molecule has 1 aliphatic heterocycles. The summed E-state index contributed by atoms with van der Waals surface area (Å²) in [5.41, 5.74) is 0.650. The summed E-state index contributed by atoms with van der Waals surface area (Å²) in [6.07, 6.45) is 1.86. The van der Waals surface area contributed by atoms with Crippen LogP contribution in [0.5, 0.6) is 0 Å². The first-order chi connectivity index (χ1) is 12.6. The highest BCUT2D eigenvalue weighted by Gasteiger charge is 2.33. The minimum absolute atomic E-state index is 0.00874. The molecule has 7 nitrogen and oxygen atoms in total. The van der Waals surface area contributed by atoms with E-state index in [1.54, 1.807) is 6.07 Å². The Labute approximate surface area is 160 Å². The molecule has 3 aromatic rings. The zero-order chi connectivity index (χ0) is 19.6. The topological polar surface area (TPSA) is 108 Å². The molecule has 9 heteroatoms. The number of pyridine rings is 1. The van der Waals surface area contributed by atoms with Gasteiger partial charge in [0.25, 0.3) is 0 Å². The highest BCUT2D eigenvalue weighted by Crippen LogP contribution is 2.37. The number of furan rings is 1. The molecule has 1 aromatic carbocycles. The molecule has 4 rings (SSSR count). The Morgan fingerprint density at radius 1 is 1.33 bits per heavy atom. The van der Waals surface area contributed by atoms with E-state index in [-0.39, 0.29) is 20.4 Å². The number of aromatic nitrogens is 1. The summed E-state index contributed by atoms with van der Waals surface area (Å²) >= 11 is 5.86. The number of halogens is 1. The lowest BCUT2D eigenvalue weighted by molar-refractivity contribution is 0.167. The fraction of sp³-hybridized carbons (Fsp3) is 0.278. The zero-order valence-corrected chi connectivity index (χ0v) is 16.3. The zero-order valence-electron chi connectivity index (χ0n) is 14.7. The molecule has 0 aliphatic carbocycles. The third-order valence-corrected chi connectivity index (χ3v) is 6.82. The predicted octanol–water partition coefficient (Wildman–Crippen LogP) is 2.82. The summed E-state index contributed by atoms with van der Waals surface area (Å²) in [7, 11) is -4.06. The first-order valence-corrected chi connectivity index (χ1v) is 10.2. The van der Waals surface area contributed by atoms with Crippen LogP contribution in [0.4, 0.5) is 0 Å². The molecule has 27 heavy (non-hydrogen) atoms. The van der Waals surface area contributed by atoms with Gasteiger partial charge in [0.2, 0.25) is 9.84 Å². The van der Waals surface area contributed by atoms with Crippen molar-refractivity contribution >= 4 is 32.4 Å². The Hall–Kier alpha value is -2.29. The third kappa shape index (κ3) is 2.75. The lowest BCUT2D eigenvalue weighted by Gasteiger charge is -2.29. The second-order valence-corrected chi connectivity index (χ2v) is 9.44. The number of fused-ring (bicyclic) bond motifs is 3. The SMILES string of the molecule is CC1(C)NCCc2c1oc1cc(S(=O)(=O)c3cc(Cl)cn(O)c3=N)ccc21. The second-order valence-electron chi connectivity index (χ2n) is 7.09. The molecule has 0 spiro atoms. The standard InChI is InChI=1S/C18H18ClN3O4S/c1-18(2)16-13(5-6-21-18)12-4-3-11(8-14(12)26-16)27(24,25)15-7-10(19)9-22(23)17(15)20/h3-4,7-9,20-21,23H,5-6H2,1-2H3. The second kappa shape index (κ2) is 5.85. The maximum Gasteiger partial charge on any atom is 0.210 e. The van der Waals surface area contributed by atoms with E-state index in [9.17, 15) is 13.6 Å². The van der Waals surface area contributed by atoms with Crippen molar-refractivity contribution in [2.45, 2.75) is 35.6 Å². The molecule has 2 aromatic heterocycles. The van der Waals surface area contributed by atoms with Gasteiger partial charge in [0, 0.05) is 23.6 Å². The Bertz CT molecular complexity index is 1240. The fourth-order valence-electron chi connectivity index (χ4n) is 3.49. The van der Waals surface area contributed by atoms with Gasteiger partial charge in [0.15, 0.2) is 5.49 Å². The van der Waals surface area contributed by atoms with Gasteiger partial charge in [-0.05, 0) is 38.5 Å². The number of benzene rings is 1. The van der Waals surface area contributed by atoms with E-state index in [4.69, 9.17) is 21.4 Å². The molecule has 0 unspecified atom stereocenters. The normalized spacial score (nSPS) is 16.4. The quantitative estimate of drug-likeness (QED) is 0.566. The number of hydrogen-bond acceptors (Lipinski definition) is 6. The van der Waals surface area contributed by atoms with Crippen LogP contribution < -0.4 is 10.8 Å². The number of nitrogens with one attached hydrogen (secondary N) is 2. The average molecular weight is 408 g/mol. The van der Waals surface area contributed by atoms with E-state index >= 15 is 0 Å². The van der Waals surface area contributed by atoms with Crippen LogP contribution in [0.3, 0.4) is 0 Å². The highest BCUT2D eigenvalue weighted by atomic mass is 35.5. The maximum atomic E-state index is 13.0. The van der Waals surface area contributed by atoms with Crippen LogP contribution in [0, 0.1) is 5.41 Å². The molecular weight excluding hydrogens is 390 g/mol. The Kier molecular flexibility index (Phi) is 3.92. The minimum Gasteiger partial charge on any atom is -0.459 e. The monoisotopic (exact) mass is 407 g/mol. The number of hydrogen-bond donors (Lipinski definition) is 3. The molecule has 0 fully saturated rings. The Morgan fingerprint density at radius 2 is 2.07 bits per heavy atom. The molecule has 0 bridgehead atoms. The molecule has 0 radical (unpaired) electrons. The van der Waals surface area contributed by atoms with Crippen molar-refractivity contribution < 1.29 is 18.0 Å². The predicted molar refractivity (Wildman–Crippen MR) is 98.9 cm³/mol. The molecule has 0 saturated heterocycles. The number of nitrogens with zero attached hydrogens (tertiary/aromatic N) is 1. The summed E-state index contributed by atoms with van der Waals surface area (Å²) in [6.45, 7) is 4.85. The van der Waals surface area contributed by atoms with E-state index < -0.39 is 15.3 Å². The largest absolute Gasteiger partial charge is 0.459 e. The molecule has 0 amide bonds. The summed E-state index contributed by atoms with van der Waals surface area (Å²) in [4.78, 5) is -0.405. The average Bonchev–Trinajstić information content (AvgIpc) is 2.97. The van der Waals surface area contributed by atoms with Gasteiger partial charge in [-0.15, -0.1) is 0 Å². The van der Waals surface area contributed by atoms with Crippen molar-refractivity contribution in [2.75, 3.05) is 6.54 Å². The van der Waals surface area contributed by atoms with Crippen molar-refractivity contribution in [1.82, 2.24) is 10.0 Å². The first-order valence-electron chi connectivity index (χ1n) is 8.33. The van der Waals surface area contributed by atoms with E-state index in [0.29, 0.717) is 10.3 Å². The van der Waals surface area contributed by atoms with Crippen molar-refractivity contribution in [3.05, 3.63) is 52.3 Å². The lowest BCUT2D eigenvalue weighted by atomic mass is 9.91. The Morgan fingerprint density at radius 3 is 2.81 bits per heavy atom. The maximum absolute atomic E-state index is 13.0. The van der Waals surface area contributed by atoms with Gasteiger partial charge in [-0.25, -0.2) is 8.42 Å². The van der Waals surface area contributed by atoms with Crippen LogP contribution in [-0.2, 0) is 21.8 Å². The van der Waals surface area contributed by atoms with E-state index in [1.807, 2.05) is 13.8 Å². The van der Waals surface area contributed by atoms with Crippen LogP contribution in [0.25, 0.3) is 11.0 Å². The molecule has 1 aliphatic rings. The molecular formula is C18H18ClN3O4S. The molecule has 0 atom stereocenters. The molecule has 142 valence electrons. The van der Waals surface area contributed by atoms with Crippen LogP contribution in [0.2, 0.25) is 5.02 Å². The van der Waals surface area contributed by atoms with Crippen LogP contribution in [0.1, 0.15) is 25.2 Å². The van der Waals surface area contributed by atoms with Crippen LogP contribution in [-0.4, -0.2) is 24.9 Å². The summed E-state index contributed by atoms with van der Waals surface area (Å²) in [6, 6.07) is 5.83. The summed E-state index contributed by atoms with van der Waals surface area (Å²) in [5, 5.41) is 21.8. The molecule has 0 saturated carbocycles. The summed E-state index contributed by atoms with van der Waals surface area (Å²) in [5.74, 6) is 0.801.